The van der Waals surface area contributed by atoms with Gasteiger partial charge in [0.2, 0.25) is 11.7 Å². The number of allylic oxidation sites excluding steroid dienone is 1. The molecule has 0 aromatic heterocycles. The Morgan fingerprint density at radius 1 is 1.18 bits per heavy atom. The minimum absolute atomic E-state index is 0.00253. The van der Waals surface area contributed by atoms with Crippen LogP contribution in [0.3, 0.4) is 0 Å². The van der Waals surface area contributed by atoms with Crippen LogP contribution in [0.2, 0.25) is 0 Å². The van der Waals surface area contributed by atoms with Crippen LogP contribution in [-0.2, 0) is 20.8 Å². The van der Waals surface area contributed by atoms with Gasteiger partial charge in [-0.2, -0.15) is 0 Å². The number of Topliss-reactive ketones (excluding diaryl/α,β-unsaturated/α-hetero) is 2. The first kappa shape index (κ1) is 29.2. The molecule has 3 aliphatic carbocycles. The van der Waals surface area contributed by atoms with Crippen molar-refractivity contribution in [2.75, 3.05) is 26.0 Å². The number of amides is 2. The number of phenolic OH excluding ortho intramolecular Hbond substituents is 1. The summed E-state index contributed by atoms with van der Waals surface area (Å²) >= 11 is 0. The van der Waals surface area contributed by atoms with Gasteiger partial charge in [0.25, 0.3) is 5.91 Å². The molecule has 5 atom stereocenters. The Balaban J connectivity index is 1.82. The number of hydrogen-bond acceptors (Lipinski definition) is 10. The molecular weight excluding hydrogens is 520 g/mol. The van der Waals surface area contributed by atoms with E-state index in [1.807, 2.05) is 13.8 Å². The summed E-state index contributed by atoms with van der Waals surface area (Å²) in [5, 5.41) is 50.7. The van der Waals surface area contributed by atoms with Gasteiger partial charge in [-0.05, 0) is 64.4 Å². The molecule has 2 amide bonds. The van der Waals surface area contributed by atoms with Crippen molar-refractivity contribution in [1.82, 2.24) is 10.2 Å². The number of rotatable bonds is 7. The monoisotopic (exact) mass is 556 g/mol. The lowest BCUT2D eigenvalue weighted by molar-refractivity contribution is -0.148. The van der Waals surface area contributed by atoms with Crippen molar-refractivity contribution in [2.45, 2.75) is 57.2 Å². The maximum absolute atomic E-state index is 13.8. The molecule has 4 rings (SSSR count). The molecule has 0 fully saturated rings. The first-order valence-electron chi connectivity index (χ1n) is 13.2. The fraction of sp³-hybridized carbons (Fsp3) is 0.500. The van der Waals surface area contributed by atoms with Crippen LogP contribution in [0.5, 0.6) is 5.75 Å². The lowest BCUT2D eigenvalue weighted by Gasteiger charge is -2.50. The first-order valence-corrected chi connectivity index (χ1v) is 13.2. The van der Waals surface area contributed by atoms with Crippen molar-refractivity contribution in [3.05, 3.63) is 45.9 Å². The number of aliphatic hydroxyl groups is 3. The Morgan fingerprint density at radius 3 is 2.38 bits per heavy atom. The van der Waals surface area contributed by atoms with E-state index in [4.69, 9.17) is 5.73 Å². The number of hydrogen-bond donors (Lipinski definition) is 7. The molecule has 0 spiro atoms. The van der Waals surface area contributed by atoms with Crippen LogP contribution < -0.4 is 16.4 Å². The Morgan fingerprint density at radius 2 is 1.82 bits per heavy atom. The number of aromatic hydroxyl groups is 1. The van der Waals surface area contributed by atoms with Gasteiger partial charge in [-0.1, -0.05) is 19.9 Å². The number of aliphatic hydroxyl groups excluding tert-OH is 2. The van der Waals surface area contributed by atoms with Gasteiger partial charge in [-0.25, -0.2) is 0 Å². The summed E-state index contributed by atoms with van der Waals surface area (Å²) < 4.78 is 0. The second-order valence-corrected chi connectivity index (χ2v) is 11.1. The van der Waals surface area contributed by atoms with Gasteiger partial charge in [-0.3, -0.25) is 24.1 Å². The van der Waals surface area contributed by atoms with Gasteiger partial charge >= 0.3 is 0 Å². The number of carbonyl (C=O) groups excluding carboxylic acids is 4. The molecule has 3 aliphatic rings. The number of nitrogens with zero attached hydrogens (tertiary/aromatic N) is 1. The number of nitrogens with two attached hydrogens (primary N) is 1. The lowest BCUT2D eigenvalue weighted by atomic mass is 9.58. The molecule has 4 unspecified atom stereocenters. The molecule has 1 aromatic carbocycles. The van der Waals surface area contributed by atoms with E-state index in [0.29, 0.717) is 18.5 Å². The van der Waals surface area contributed by atoms with Crippen molar-refractivity contribution < 1.29 is 39.6 Å². The normalized spacial score (nSPS) is 27.6. The SMILES string of the molecule is CCNC(C)(CC)C(=O)Nc1ccc2c(c1O)C(=O)C1=C(O)C3(O)C(=O)C(C(N)=O)=C(O)[C@@H](N(C)C)C3CC1C2. The summed E-state index contributed by atoms with van der Waals surface area (Å²) in [6.45, 7) is 5.94. The number of ketones is 2. The van der Waals surface area contributed by atoms with Gasteiger partial charge in [0.15, 0.2) is 17.1 Å². The van der Waals surface area contributed by atoms with Crippen LogP contribution in [0.1, 0.15) is 49.5 Å². The molecule has 0 saturated carbocycles. The zero-order chi connectivity index (χ0) is 29.9. The fourth-order valence-corrected chi connectivity index (χ4v) is 6.34. The molecule has 1 aromatic rings. The van der Waals surface area contributed by atoms with E-state index in [1.165, 1.54) is 11.0 Å². The van der Waals surface area contributed by atoms with Crippen LogP contribution in [-0.4, -0.2) is 86.5 Å². The van der Waals surface area contributed by atoms with Crippen molar-refractivity contribution in [2.24, 2.45) is 17.6 Å². The van der Waals surface area contributed by atoms with Gasteiger partial charge in [0.1, 0.15) is 17.1 Å². The molecule has 12 heteroatoms. The average Bonchev–Trinajstić information content (AvgIpc) is 2.87. The van der Waals surface area contributed by atoms with E-state index in [-0.39, 0.29) is 29.7 Å². The van der Waals surface area contributed by atoms with E-state index >= 15 is 0 Å². The van der Waals surface area contributed by atoms with E-state index in [0.717, 1.165) is 0 Å². The minimum atomic E-state index is -2.71. The molecule has 12 nitrogen and oxygen atoms in total. The Labute approximate surface area is 231 Å². The average molecular weight is 557 g/mol. The van der Waals surface area contributed by atoms with E-state index in [1.54, 1.807) is 27.1 Å². The van der Waals surface area contributed by atoms with Gasteiger partial charge in [-0.15, -0.1) is 0 Å². The smallest absolute Gasteiger partial charge is 0.255 e. The van der Waals surface area contributed by atoms with Crippen LogP contribution in [0.15, 0.2) is 34.8 Å². The molecule has 40 heavy (non-hydrogen) atoms. The quantitative estimate of drug-likeness (QED) is 0.186. The third-order valence-corrected chi connectivity index (χ3v) is 8.62. The van der Waals surface area contributed by atoms with Crippen molar-refractivity contribution in [1.29, 1.82) is 0 Å². The highest BCUT2D eigenvalue weighted by Gasteiger charge is 2.63. The van der Waals surface area contributed by atoms with E-state index < -0.39 is 75.2 Å². The number of carbonyl (C=O) groups is 4. The van der Waals surface area contributed by atoms with E-state index in [9.17, 15) is 39.6 Å². The Kier molecular flexibility index (Phi) is 7.33. The highest BCUT2D eigenvalue weighted by atomic mass is 16.3. The highest BCUT2D eigenvalue weighted by molar-refractivity contribution is 6.25. The second kappa shape index (κ2) is 10.0. The zero-order valence-electron chi connectivity index (χ0n) is 23.2. The number of phenols is 1. The van der Waals surface area contributed by atoms with Crippen molar-refractivity contribution in [3.63, 3.8) is 0 Å². The molecule has 0 aliphatic heterocycles. The van der Waals surface area contributed by atoms with Crippen LogP contribution >= 0.6 is 0 Å². The lowest BCUT2D eigenvalue weighted by Crippen LogP contribution is -2.63. The minimum Gasteiger partial charge on any atom is -0.510 e. The third-order valence-electron chi connectivity index (χ3n) is 8.62. The molecule has 0 heterocycles. The van der Waals surface area contributed by atoms with Crippen LogP contribution in [0.25, 0.3) is 0 Å². The summed E-state index contributed by atoms with van der Waals surface area (Å²) in [6.07, 6.45) is 0.627. The topological polar surface area (TPSA) is 203 Å². The second-order valence-electron chi connectivity index (χ2n) is 11.1. The summed E-state index contributed by atoms with van der Waals surface area (Å²) in [6, 6.07) is 2.04. The predicted molar refractivity (Wildman–Crippen MR) is 145 cm³/mol. The molecule has 0 bridgehead atoms. The van der Waals surface area contributed by atoms with Crippen LogP contribution in [0, 0.1) is 11.8 Å². The van der Waals surface area contributed by atoms with Gasteiger partial charge in [0, 0.05) is 11.5 Å². The highest BCUT2D eigenvalue weighted by Crippen LogP contribution is 2.52. The van der Waals surface area contributed by atoms with Crippen molar-refractivity contribution >= 4 is 29.1 Å². The Hall–Kier alpha value is -3.74. The molecular formula is C28H36N4O8. The maximum atomic E-state index is 13.8. The Bertz CT molecular complexity index is 1380. The predicted octanol–water partition coefficient (Wildman–Crippen LogP) is 0.837. The standard InChI is InChI=1S/C28H36N4O8/c1-6-27(3,30-7-2)26(39)31-15-9-8-12-10-13-11-14-19(32(4)5)22(35)18(25(29)38)24(37)28(14,40)23(36)17(13)21(34)16(12)20(15)33/h8-9,13-14,19,30,33,35-36,40H,6-7,10-11H2,1-5H3,(H2,29,38)(H,31,39)/t13?,14?,19-,27?,28?/m0/s1. The zero-order valence-corrected chi connectivity index (χ0v) is 23.2. The number of nitrogens with one attached hydrogen (secondary N) is 2. The number of anilines is 1. The number of benzene rings is 1. The van der Waals surface area contributed by atoms with Crippen molar-refractivity contribution in [3.8, 4) is 5.75 Å². The maximum Gasteiger partial charge on any atom is 0.255 e. The third kappa shape index (κ3) is 4.09. The summed E-state index contributed by atoms with van der Waals surface area (Å²) in [5.41, 5.74) is 0.872. The largest absolute Gasteiger partial charge is 0.510 e. The summed E-state index contributed by atoms with van der Waals surface area (Å²) in [4.78, 5) is 53.8. The van der Waals surface area contributed by atoms with Crippen LogP contribution in [0.4, 0.5) is 5.69 Å². The molecule has 216 valence electrons. The molecule has 0 saturated heterocycles. The number of fused-ring (bicyclic) bond motifs is 3. The molecule has 8 N–H and O–H groups in total. The first-order chi connectivity index (χ1) is 18.6. The summed E-state index contributed by atoms with van der Waals surface area (Å²) in [7, 11) is 3.14. The fourth-order valence-electron chi connectivity index (χ4n) is 6.34. The molecule has 0 radical (unpaired) electrons. The summed E-state index contributed by atoms with van der Waals surface area (Å²) in [5.74, 6) is -7.63. The van der Waals surface area contributed by atoms with Gasteiger partial charge in [0.05, 0.1) is 22.8 Å². The van der Waals surface area contributed by atoms with E-state index in [2.05, 4.69) is 10.6 Å². The number of likely N-dealkylation sites (N-methyl/N-ethyl adjacent to an activating group) is 2. The number of primary amides is 1. The van der Waals surface area contributed by atoms with Gasteiger partial charge < -0.3 is 36.8 Å².